The van der Waals surface area contributed by atoms with E-state index >= 15 is 0 Å². The minimum absolute atomic E-state index is 0.0357. The first kappa shape index (κ1) is 33.0. The zero-order valence-electron chi connectivity index (χ0n) is 21.2. The monoisotopic (exact) mass is 602 g/mol. The lowest BCUT2D eigenvalue weighted by atomic mass is 9.86. The molecule has 16 heteroatoms. The number of halogens is 8. The number of nitrogens with zero attached hydrogens (tertiary/aromatic N) is 3. The number of rotatable bonds is 10. The Hall–Kier alpha value is -3.20. The van der Waals surface area contributed by atoms with Gasteiger partial charge < -0.3 is 10.1 Å². The summed E-state index contributed by atoms with van der Waals surface area (Å²) in [7, 11) is 1.33. The molecule has 1 aromatic carbocycles. The lowest BCUT2D eigenvalue weighted by Crippen LogP contribution is -2.63. The SMILES string of the molecule is C=N/C=C(\C=NC)[C@](C)(C(=O)NC1CCC(OC(F)(F)F)CC1)N(C(=O)[C@H](F)Cl)c1ccc(OC(F)(F)F)cc1. The third-order valence-electron chi connectivity index (χ3n) is 6.00. The van der Waals surface area contributed by atoms with Gasteiger partial charge in [-0.25, -0.2) is 4.39 Å². The molecule has 2 atom stereocenters. The van der Waals surface area contributed by atoms with Crippen LogP contribution in [0.15, 0.2) is 46.0 Å². The molecular weight excluding hydrogens is 577 g/mol. The lowest BCUT2D eigenvalue weighted by molar-refractivity contribution is -0.345. The molecule has 1 N–H and O–H groups in total. The molecule has 0 heterocycles. The van der Waals surface area contributed by atoms with E-state index in [1.54, 1.807) is 0 Å². The van der Waals surface area contributed by atoms with Crippen molar-refractivity contribution in [2.75, 3.05) is 11.9 Å². The molecule has 1 aliphatic carbocycles. The first-order valence-electron chi connectivity index (χ1n) is 11.6. The summed E-state index contributed by atoms with van der Waals surface area (Å²) in [5.74, 6) is -3.04. The second-order valence-electron chi connectivity index (χ2n) is 8.75. The summed E-state index contributed by atoms with van der Waals surface area (Å²) in [5, 5.41) is 2.65. The molecule has 1 fully saturated rings. The van der Waals surface area contributed by atoms with Crippen LogP contribution in [-0.2, 0) is 14.3 Å². The number of alkyl halides is 8. The Morgan fingerprint density at radius 2 is 1.68 bits per heavy atom. The maximum Gasteiger partial charge on any atom is 0.573 e. The van der Waals surface area contributed by atoms with Crippen molar-refractivity contribution in [2.24, 2.45) is 9.98 Å². The Kier molecular flexibility index (Phi) is 11.1. The highest BCUT2D eigenvalue weighted by Crippen LogP contribution is 2.35. The molecule has 0 aliphatic heterocycles. The van der Waals surface area contributed by atoms with E-state index in [-0.39, 0.29) is 36.9 Å². The molecule has 0 unspecified atom stereocenters. The quantitative estimate of drug-likeness (QED) is 0.219. The van der Waals surface area contributed by atoms with Gasteiger partial charge in [0.25, 0.3) is 17.4 Å². The maximum atomic E-state index is 14.3. The number of aliphatic imine (C=N–C) groups is 2. The van der Waals surface area contributed by atoms with Gasteiger partial charge in [0.05, 0.1) is 6.10 Å². The summed E-state index contributed by atoms with van der Waals surface area (Å²) < 4.78 is 97.7. The normalized spacial score (nSPS) is 20.9. The minimum atomic E-state index is -5.02. The minimum Gasteiger partial charge on any atom is -0.406 e. The van der Waals surface area contributed by atoms with Crippen LogP contribution in [0.5, 0.6) is 5.75 Å². The van der Waals surface area contributed by atoms with Gasteiger partial charge in [0, 0.05) is 36.8 Å². The second-order valence-corrected chi connectivity index (χ2v) is 9.14. The molecular formula is C24H26ClF7N4O4. The van der Waals surface area contributed by atoms with Crippen molar-refractivity contribution in [3.8, 4) is 5.75 Å². The summed E-state index contributed by atoms with van der Waals surface area (Å²) in [6.45, 7) is 4.51. The third kappa shape index (κ3) is 8.91. The van der Waals surface area contributed by atoms with E-state index in [4.69, 9.17) is 11.6 Å². The lowest BCUT2D eigenvalue weighted by Gasteiger charge is -2.42. The number of amides is 2. The summed E-state index contributed by atoms with van der Waals surface area (Å²) in [6.07, 6.45) is -8.65. The zero-order chi connectivity index (χ0) is 30.3. The van der Waals surface area contributed by atoms with Crippen LogP contribution in [0.3, 0.4) is 0 Å². The Labute approximate surface area is 229 Å². The highest BCUT2D eigenvalue weighted by atomic mass is 35.5. The van der Waals surface area contributed by atoms with Crippen LogP contribution in [0.25, 0.3) is 0 Å². The van der Waals surface area contributed by atoms with Gasteiger partial charge in [-0.2, -0.15) is 0 Å². The van der Waals surface area contributed by atoms with Gasteiger partial charge in [-0.1, -0.05) is 11.6 Å². The predicted octanol–water partition coefficient (Wildman–Crippen LogP) is 5.46. The highest BCUT2D eigenvalue weighted by molar-refractivity contribution is 6.32. The fourth-order valence-electron chi connectivity index (χ4n) is 4.22. The number of hydrogen-bond donors (Lipinski definition) is 1. The number of carbonyl (C=O) groups excluding carboxylic acids is 2. The number of nitrogens with one attached hydrogen (secondary N) is 1. The van der Waals surface area contributed by atoms with Crippen LogP contribution >= 0.6 is 11.6 Å². The Morgan fingerprint density at radius 1 is 1.10 bits per heavy atom. The summed E-state index contributed by atoms with van der Waals surface area (Å²) >= 11 is 5.46. The predicted molar refractivity (Wildman–Crippen MR) is 133 cm³/mol. The number of carbonyl (C=O) groups is 2. The van der Waals surface area contributed by atoms with Crippen LogP contribution in [0.2, 0.25) is 0 Å². The van der Waals surface area contributed by atoms with E-state index in [2.05, 4.69) is 31.5 Å². The third-order valence-corrected chi connectivity index (χ3v) is 6.18. The van der Waals surface area contributed by atoms with E-state index in [0.717, 1.165) is 36.7 Å². The van der Waals surface area contributed by atoms with Gasteiger partial charge in [-0.05, 0) is 63.6 Å². The standard InChI is InChI=1S/C24H26ClF7N4O4/c1-22(14(12-33-2)13-34-3,21(38)35-15-4-8-17(9-5-15)39-23(27,28)29)36(20(37)19(25)26)16-6-10-18(11-7-16)40-24(30,31)32/h6-7,10-13,15,17,19H,2,4-5,8-9H2,1,3H3,(H,35,38)/b14-12+,34-13?/t15?,17?,19-,22+/m0/s1. The van der Waals surface area contributed by atoms with Gasteiger partial charge in [0.1, 0.15) is 5.75 Å². The molecule has 222 valence electrons. The topological polar surface area (TPSA) is 92.6 Å². The number of benzene rings is 1. The zero-order valence-corrected chi connectivity index (χ0v) is 22.0. The molecule has 0 aromatic heterocycles. The van der Waals surface area contributed by atoms with Crippen molar-refractivity contribution in [1.29, 1.82) is 0 Å². The van der Waals surface area contributed by atoms with Crippen molar-refractivity contribution in [3.05, 3.63) is 36.0 Å². The first-order chi connectivity index (χ1) is 18.5. The van der Waals surface area contributed by atoms with E-state index in [1.807, 2.05) is 0 Å². The molecule has 0 bridgehead atoms. The number of anilines is 1. The van der Waals surface area contributed by atoms with E-state index < -0.39 is 53.6 Å². The molecule has 1 aromatic rings. The molecule has 40 heavy (non-hydrogen) atoms. The average molecular weight is 603 g/mol. The van der Waals surface area contributed by atoms with Crippen molar-refractivity contribution in [1.82, 2.24) is 5.32 Å². The van der Waals surface area contributed by atoms with Crippen LogP contribution in [-0.4, -0.2) is 67.8 Å². The molecule has 8 nitrogen and oxygen atoms in total. The van der Waals surface area contributed by atoms with Crippen LogP contribution in [0.4, 0.5) is 36.4 Å². The van der Waals surface area contributed by atoms with E-state index in [1.165, 1.54) is 14.0 Å². The Morgan fingerprint density at radius 3 is 2.12 bits per heavy atom. The molecule has 0 spiro atoms. The fraction of sp³-hybridized carbons (Fsp3) is 0.500. The van der Waals surface area contributed by atoms with Crippen molar-refractivity contribution in [3.63, 3.8) is 0 Å². The van der Waals surface area contributed by atoms with Gasteiger partial charge in [-0.15, -0.1) is 26.3 Å². The molecule has 1 aliphatic rings. The van der Waals surface area contributed by atoms with Gasteiger partial charge >= 0.3 is 12.7 Å². The second kappa shape index (κ2) is 13.4. The van der Waals surface area contributed by atoms with Crippen LogP contribution in [0.1, 0.15) is 32.6 Å². The molecule has 1 saturated carbocycles. The van der Waals surface area contributed by atoms with Crippen molar-refractivity contribution >= 4 is 42.0 Å². The summed E-state index contributed by atoms with van der Waals surface area (Å²) in [6, 6.07) is 2.98. The number of hydrogen-bond acceptors (Lipinski definition) is 6. The first-order valence-corrected chi connectivity index (χ1v) is 12.1. The van der Waals surface area contributed by atoms with Crippen LogP contribution in [0, 0.1) is 0 Å². The highest BCUT2D eigenvalue weighted by Gasteiger charge is 2.48. The van der Waals surface area contributed by atoms with Gasteiger partial charge in [0.15, 0.2) is 5.54 Å². The average Bonchev–Trinajstić information content (AvgIpc) is 2.84. The molecule has 0 radical (unpaired) electrons. The van der Waals surface area contributed by atoms with Gasteiger partial charge in [0.2, 0.25) is 0 Å². The van der Waals surface area contributed by atoms with Crippen molar-refractivity contribution < 1.29 is 49.8 Å². The van der Waals surface area contributed by atoms with Gasteiger partial charge in [-0.3, -0.25) is 29.2 Å². The van der Waals surface area contributed by atoms with Crippen molar-refractivity contribution in [2.45, 2.75) is 68.6 Å². The molecule has 2 rings (SSSR count). The molecule has 2 amide bonds. The Balaban J connectivity index is 2.52. The van der Waals surface area contributed by atoms with E-state index in [9.17, 15) is 40.3 Å². The molecule has 0 saturated heterocycles. The fourth-order valence-corrected chi connectivity index (χ4v) is 4.32. The van der Waals surface area contributed by atoms with Crippen LogP contribution < -0.4 is 15.0 Å². The van der Waals surface area contributed by atoms with E-state index in [0.29, 0.717) is 4.90 Å². The summed E-state index contributed by atoms with van der Waals surface area (Å²) in [5.41, 5.74) is -5.22. The number of ether oxygens (including phenoxy) is 2. The maximum absolute atomic E-state index is 14.3. The Bertz CT molecular complexity index is 1100. The largest absolute Gasteiger partial charge is 0.573 e. The smallest absolute Gasteiger partial charge is 0.406 e. The summed E-state index contributed by atoms with van der Waals surface area (Å²) in [4.78, 5) is 35.0.